The first-order valence-electron chi connectivity index (χ1n) is 6.00. The summed E-state index contributed by atoms with van der Waals surface area (Å²) in [5.41, 5.74) is 0.740. The van der Waals surface area contributed by atoms with E-state index in [2.05, 4.69) is 31.0 Å². The molecule has 0 aliphatic heterocycles. The van der Waals surface area contributed by atoms with Gasteiger partial charge in [-0.15, -0.1) is 0 Å². The monoisotopic (exact) mass is 373 g/mol. The first-order chi connectivity index (χ1) is 9.92. The van der Waals surface area contributed by atoms with Gasteiger partial charge in [-0.3, -0.25) is 0 Å². The fourth-order valence-electron chi connectivity index (χ4n) is 1.63. The average molecular weight is 374 g/mol. The zero-order chi connectivity index (χ0) is 15.5. The van der Waals surface area contributed by atoms with E-state index in [0.717, 1.165) is 10.0 Å². The van der Waals surface area contributed by atoms with Crippen molar-refractivity contribution in [3.05, 3.63) is 52.4 Å². The molecule has 0 aliphatic rings. The van der Waals surface area contributed by atoms with Crippen LogP contribution in [0.25, 0.3) is 0 Å². The molecule has 0 unspecified atom stereocenters. The third-order valence-electron chi connectivity index (χ3n) is 2.78. The first-order valence-corrected chi connectivity index (χ1v) is 8.27. The minimum Gasteiger partial charge on any atom is -0.366 e. The number of benzene rings is 1. The molecule has 1 aromatic heterocycles. The second-order valence-electron chi connectivity index (χ2n) is 4.18. The second-order valence-corrected chi connectivity index (χ2v) is 6.92. The number of nitrogens with zero attached hydrogens (tertiary/aromatic N) is 1. The molecule has 0 saturated heterocycles. The van der Waals surface area contributed by atoms with Crippen molar-refractivity contribution >= 4 is 31.8 Å². The summed E-state index contributed by atoms with van der Waals surface area (Å²) < 4.78 is 39.3. The maximum atomic E-state index is 13.2. The minimum absolute atomic E-state index is 0.0856. The molecular weight excluding hydrogens is 361 g/mol. The molecule has 0 spiro atoms. The van der Waals surface area contributed by atoms with Crippen LogP contribution >= 0.6 is 15.9 Å². The van der Waals surface area contributed by atoms with Gasteiger partial charge in [-0.1, -0.05) is 15.9 Å². The fraction of sp³-hybridized carbons (Fsp3) is 0.154. The standard InChI is InChI=1S/C13H13BrFN3O2S/c1-16-21(19,20)11-3-5-13(18-8-11)17-7-9-6-10(15)2-4-12(9)14/h2-6,8,16H,7H2,1H3,(H,17,18). The van der Waals surface area contributed by atoms with E-state index in [0.29, 0.717) is 12.4 Å². The lowest BCUT2D eigenvalue weighted by Crippen LogP contribution is -2.18. The summed E-state index contributed by atoms with van der Waals surface area (Å²) in [6.45, 7) is 0.365. The lowest BCUT2D eigenvalue weighted by molar-refractivity contribution is 0.588. The van der Waals surface area contributed by atoms with Crippen molar-refractivity contribution in [3.8, 4) is 0 Å². The summed E-state index contributed by atoms with van der Waals surface area (Å²) in [6, 6.07) is 7.40. The highest BCUT2D eigenvalue weighted by Gasteiger charge is 2.11. The van der Waals surface area contributed by atoms with E-state index in [1.165, 1.54) is 31.4 Å². The molecule has 8 heteroatoms. The Labute approximate surface area is 130 Å². The van der Waals surface area contributed by atoms with Crippen LogP contribution in [0, 0.1) is 5.82 Å². The van der Waals surface area contributed by atoms with Gasteiger partial charge in [-0.2, -0.15) is 0 Å². The van der Waals surface area contributed by atoms with Crippen LogP contribution in [0.4, 0.5) is 10.2 Å². The van der Waals surface area contributed by atoms with E-state index in [9.17, 15) is 12.8 Å². The van der Waals surface area contributed by atoms with E-state index < -0.39 is 10.0 Å². The van der Waals surface area contributed by atoms with E-state index in [1.54, 1.807) is 12.1 Å². The van der Waals surface area contributed by atoms with Gasteiger partial charge in [-0.25, -0.2) is 22.5 Å². The number of sulfonamides is 1. The van der Waals surface area contributed by atoms with Crippen LogP contribution in [0.15, 0.2) is 45.9 Å². The molecule has 0 fully saturated rings. The van der Waals surface area contributed by atoms with Gasteiger partial charge in [-0.05, 0) is 42.9 Å². The normalized spacial score (nSPS) is 11.4. The quantitative estimate of drug-likeness (QED) is 0.844. The van der Waals surface area contributed by atoms with E-state index in [-0.39, 0.29) is 10.7 Å². The van der Waals surface area contributed by atoms with Crippen molar-refractivity contribution < 1.29 is 12.8 Å². The Bertz CT molecular complexity index is 736. The number of hydrogen-bond donors (Lipinski definition) is 2. The van der Waals surface area contributed by atoms with Crippen LogP contribution < -0.4 is 10.0 Å². The molecule has 0 bridgehead atoms. The van der Waals surface area contributed by atoms with Crippen LogP contribution in [0.5, 0.6) is 0 Å². The third-order valence-corrected chi connectivity index (χ3v) is 4.96. The molecule has 1 aromatic carbocycles. The molecule has 2 N–H and O–H groups in total. The van der Waals surface area contributed by atoms with Crippen molar-refractivity contribution in [1.82, 2.24) is 9.71 Å². The summed E-state index contributed by atoms with van der Waals surface area (Å²) in [5.74, 6) is 0.180. The molecule has 112 valence electrons. The zero-order valence-electron chi connectivity index (χ0n) is 11.1. The SMILES string of the molecule is CNS(=O)(=O)c1ccc(NCc2cc(F)ccc2Br)nc1. The Balaban J connectivity index is 2.09. The Morgan fingerprint density at radius 1 is 1.29 bits per heavy atom. The molecule has 1 heterocycles. The highest BCUT2D eigenvalue weighted by molar-refractivity contribution is 9.10. The third kappa shape index (κ3) is 3.99. The largest absolute Gasteiger partial charge is 0.366 e. The van der Waals surface area contributed by atoms with Crippen molar-refractivity contribution in [2.24, 2.45) is 0 Å². The number of hydrogen-bond acceptors (Lipinski definition) is 4. The Morgan fingerprint density at radius 2 is 2.05 bits per heavy atom. The molecule has 0 saturated carbocycles. The maximum Gasteiger partial charge on any atom is 0.241 e. The Morgan fingerprint density at radius 3 is 2.67 bits per heavy atom. The lowest BCUT2D eigenvalue weighted by atomic mass is 10.2. The first kappa shape index (κ1) is 15.9. The predicted molar refractivity (Wildman–Crippen MR) is 81.9 cm³/mol. The van der Waals surface area contributed by atoms with E-state index >= 15 is 0 Å². The van der Waals surface area contributed by atoms with Gasteiger partial charge < -0.3 is 5.32 Å². The topological polar surface area (TPSA) is 71.1 Å². The molecule has 5 nitrogen and oxygen atoms in total. The highest BCUT2D eigenvalue weighted by atomic mass is 79.9. The fourth-order valence-corrected chi connectivity index (χ4v) is 2.69. The van der Waals surface area contributed by atoms with Crippen LogP contribution in [-0.4, -0.2) is 20.4 Å². The summed E-state index contributed by atoms with van der Waals surface area (Å²) in [5, 5.41) is 3.00. The smallest absolute Gasteiger partial charge is 0.241 e. The number of nitrogens with one attached hydrogen (secondary N) is 2. The van der Waals surface area contributed by atoms with Gasteiger partial charge in [0.1, 0.15) is 16.5 Å². The van der Waals surface area contributed by atoms with E-state index in [1.807, 2.05) is 0 Å². The molecule has 2 rings (SSSR count). The molecule has 0 atom stereocenters. The van der Waals surface area contributed by atoms with Crippen molar-refractivity contribution in [1.29, 1.82) is 0 Å². The minimum atomic E-state index is -3.49. The molecule has 2 aromatic rings. The number of pyridine rings is 1. The number of halogens is 2. The Kier molecular flexibility index (Phi) is 4.92. The highest BCUT2D eigenvalue weighted by Crippen LogP contribution is 2.19. The summed E-state index contributed by atoms with van der Waals surface area (Å²) in [7, 11) is -2.16. The molecule has 0 radical (unpaired) electrons. The summed E-state index contributed by atoms with van der Waals surface area (Å²) >= 11 is 3.34. The van der Waals surface area contributed by atoms with Gasteiger partial charge in [0, 0.05) is 17.2 Å². The average Bonchev–Trinajstić information content (AvgIpc) is 2.48. The van der Waals surface area contributed by atoms with E-state index in [4.69, 9.17) is 0 Å². The lowest BCUT2D eigenvalue weighted by Gasteiger charge is -2.08. The Hall–Kier alpha value is -1.51. The van der Waals surface area contributed by atoms with Crippen molar-refractivity contribution in [3.63, 3.8) is 0 Å². The zero-order valence-corrected chi connectivity index (χ0v) is 13.5. The van der Waals surface area contributed by atoms with Crippen LogP contribution in [0.3, 0.4) is 0 Å². The van der Waals surface area contributed by atoms with Crippen molar-refractivity contribution in [2.45, 2.75) is 11.4 Å². The van der Waals surface area contributed by atoms with Crippen LogP contribution in [0.2, 0.25) is 0 Å². The van der Waals surface area contributed by atoms with Crippen LogP contribution in [-0.2, 0) is 16.6 Å². The molecule has 0 amide bonds. The predicted octanol–water partition coefficient (Wildman–Crippen LogP) is 2.50. The van der Waals surface area contributed by atoms with Gasteiger partial charge in [0.05, 0.1) is 0 Å². The van der Waals surface area contributed by atoms with Gasteiger partial charge >= 0.3 is 0 Å². The number of aromatic nitrogens is 1. The van der Waals surface area contributed by atoms with Gasteiger partial charge in [0.15, 0.2) is 0 Å². The van der Waals surface area contributed by atoms with Gasteiger partial charge in [0.25, 0.3) is 0 Å². The number of rotatable bonds is 5. The molecule has 0 aliphatic carbocycles. The second kappa shape index (κ2) is 6.50. The summed E-state index contributed by atoms with van der Waals surface area (Å²) in [4.78, 5) is 4.11. The van der Waals surface area contributed by atoms with Gasteiger partial charge in [0.2, 0.25) is 10.0 Å². The van der Waals surface area contributed by atoms with Crippen LogP contribution in [0.1, 0.15) is 5.56 Å². The molecular formula is C13H13BrFN3O2S. The summed E-state index contributed by atoms with van der Waals surface area (Å²) in [6.07, 6.45) is 1.26. The maximum absolute atomic E-state index is 13.2. The molecule has 21 heavy (non-hydrogen) atoms. The van der Waals surface area contributed by atoms with Crippen molar-refractivity contribution in [2.75, 3.05) is 12.4 Å². The number of anilines is 1.